The largest absolute Gasteiger partial charge is 0.494 e. The molecule has 18 heavy (non-hydrogen) atoms. The summed E-state index contributed by atoms with van der Waals surface area (Å²) in [6.45, 7) is 1.56. The van der Waals surface area contributed by atoms with Crippen molar-refractivity contribution >= 4 is 6.21 Å². The van der Waals surface area contributed by atoms with Gasteiger partial charge in [-0.05, 0) is 12.5 Å². The minimum Gasteiger partial charge on any atom is -0.494 e. The monoisotopic (exact) mass is 244 g/mol. The van der Waals surface area contributed by atoms with Crippen LogP contribution in [0.1, 0.15) is 16.7 Å². The summed E-state index contributed by atoms with van der Waals surface area (Å²) < 4.78 is 1.32. The predicted octanol–water partition coefficient (Wildman–Crippen LogP) is -0.266. The van der Waals surface area contributed by atoms with Gasteiger partial charge in [0.15, 0.2) is 0 Å². The molecule has 2 aromatic heterocycles. The molecule has 2 N–H and O–H groups in total. The number of nitrogens with zero attached hydrogens (tertiary/aromatic N) is 5. The maximum Gasteiger partial charge on any atom is 0.268 e. The third-order valence-corrected chi connectivity index (χ3v) is 2.33. The second kappa shape index (κ2) is 4.50. The second-order valence-corrected chi connectivity index (χ2v) is 3.41. The van der Waals surface area contributed by atoms with Crippen molar-refractivity contribution in [2.24, 2.45) is 5.10 Å². The number of nitrogens with one attached hydrogen (secondary N) is 1. The summed E-state index contributed by atoms with van der Waals surface area (Å²) in [5.41, 5.74) is -0.0672. The molecule has 90 valence electrons. The molecule has 2 rings (SSSR count). The Labute approximate surface area is 101 Å². The van der Waals surface area contributed by atoms with E-state index in [0.29, 0.717) is 5.56 Å². The molecule has 0 fully saturated rings. The molecule has 0 aliphatic carbocycles. The molecule has 0 spiro atoms. The molecule has 0 unspecified atom stereocenters. The van der Waals surface area contributed by atoms with Crippen molar-refractivity contribution in [1.29, 1.82) is 5.26 Å². The van der Waals surface area contributed by atoms with Gasteiger partial charge in [0.25, 0.3) is 5.56 Å². The van der Waals surface area contributed by atoms with Crippen LogP contribution in [0.25, 0.3) is 0 Å². The maximum atomic E-state index is 11.4. The highest BCUT2D eigenvalue weighted by atomic mass is 16.3. The normalized spacial score (nSPS) is 10.7. The van der Waals surface area contributed by atoms with Gasteiger partial charge in [-0.3, -0.25) is 9.78 Å². The molecule has 0 aliphatic rings. The Hall–Kier alpha value is -2.95. The van der Waals surface area contributed by atoms with E-state index in [1.807, 2.05) is 0 Å². The van der Waals surface area contributed by atoms with Crippen molar-refractivity contribution in [1.82, 2.24) is 19.9 Å². The molecule has 0 amide bonds. The zero-order chi connectivity index (χ0) is 13.1. The molecule has 0 atom stereocenters. The Morgan fingerprint density at radius 3 is 2.83 bits per heavy atom. The van der Waals surface area contributed by atoms with Crippen molar-refractivity contribution < 1.29 is 5.11 Å². The summed E-state index contributed by atoms with van der Waals surface area (Å²) in [7, 11) is 0. The first-order valence-corrected chi connectivity index (χ1v) is 4.88. The van der Waals surface area contributed by atoms with Gasteiger partial charge in [-0.1, -0.05) is 0 Å². The molecule has 0 saturated carbocycles. The van der Waals surface area contributed by atoms with Gasteiger partial charge in [0.2, 0.25) is 5.88 Å². The van der Waals surface area contributed by atoms with Gasteiger partial charge in [-0.2, -0.15) is 10.4 Å². The highest BCUT2D eigenvalue weighted by molar-refractivity contribution is 5.85. The number of pyridine rings is 1. The fraction of sp³-hybridized carbons (Fsp3) is 0.100. The molecule has 0 aromatic carbocycles. The van der Waals surface area contributed by atoms with Crippen molar-refractivity contribution in [3.8, 4) is 11.9 Å². The Morgan fingerprint density at radius 2 is 2.22 bits per heavy atom. The lowest BCUT2D eigenvalue weighted by Crippen LogP contribution is -2.14. The second-order valence-electron chi connectivity index (χ2n) is 3.41. The number of aromatic nitrogens is 4. The van der Waals surface area contributed by atoms with Gasteiger partial charge in [0, 0.05) is 0 Å². The van der Waals surface area contributed by atoms with Gasteiger partial charge >= 0.3 is 0 Å². The summed E-state index contributed by atoms with van der Waals surface area (Å²) in [5, 5.41) is 29.5. The van der Waals surface area contributed by atoms with Crippen molar-refractivity contribution in [3.05, 3.63) is 39.7 Å². The number of H-pyrrole nitrogens is 1. The molecular weight excluding hydrogens is 236 g/mol. The lowest BCUT2D eigenvalue weighted by Gasteiger charge is -2.03. The number of hydrogen-bond acceptors (Lipinski definition) is 6. The topological polar surface area (TPSA) is 120 Å². The first-order valence-electron chi connectivity index (χ1n) is 4.88. The lowest BCUT2D eigenvalue weighted by atomic mass is 10.1. The Kier molecular flexibility index (Phi) is 2.89. The zero-order valence-corrected chi connectivity index (χ0v) is 9.32. The van der Waals surface area contributed by atoms with Crippen LogP contribution in [0.3, 0.4) is 0 Å². The quantitative estimate of drug-likeness (QED) is 0.705. The van der Waals surface area contributed by atoms with Gasteiger partial charge in [0.05, 0.1) is 11.8 Å². The van der Waals surface area contributed by atoms with E-state index < -0.39 is 5.56 Å². The van der Waals surface area contributed by atoms with Crippen molar-refractivity contribution in [2.45, 2.75) is 6.92 Å². The molecular formula is C10H8N6O2. The SMILES string of the molecule is Cc1c(/C=N/n2cnnc2)c(O)[nH]c(=O)c1C#N. The fourth-order valence-electron chi connectivity index (χ4n) is 1.39. The van der Waals surface area contributed by atoms with E-state index in [9.17, 15) is 9.90 Å². The first kappa shape index (κ1) is 11.5. The van der Waals surface area contributed by atoms with Crippen molar-refractivity contribution in [3.63, 3.8) is 0 Å². The summed E-state index contributed by atoms with van der Waals surface area (Å²) in [5.74, 6) is -0.340. The predicted molar refractivity (Wildman–Crippen MR) is 61.2 cm³/mol. The smallest absolute Gasteiger partial charge is 0.268 e. The average Bonchev–Trinajstić information content (AvgIpc) is 2.81. The molecule has 0 saturated heterocycles. The van der Waals surface area contributed by atoms with Crippen LogP contribution in [0, 0.1) is 18.3 Å². The van der Waals surface area contributed by atoms with E-state index in [0.717, 1.165) is 0 Å². The highest BCUT2D eigenvalue weighted by Gasteiger charge is 2.12. The minimum atomic E-state index is -0.631. The van der Waals surface area contributed by atoms with E-state index >= 15 is 0 Å². The Bertz CT molecular complexity index is 692. The van der Waals surface area contributed by atoms with E-state index in [1.165, 1.54) is 23.5 Å². The van der Waals surface area contributed by atoms with Crippen LogP contribution in [0.5, 0.6) is 5.88 Å². The third kappa shape index (κ3) is 1.97. The molecule has 0 bridgehead atoms. The summed E-state index contributed by atoms with van der Waals surface area (Å²) in [4.78, 5) is 13.5. The summed E-state index contributed by atoms with van der Waals surface area (Å²) in [6.07, 6.45) is 4.03. The number of nitriles is 1. The van der Waals surface area contributed by atoms with Crippen LogP contribution >= 0.6 is 0 Å². The van der Waals surface area contributed by atoms with Gasteiger partial charge < -0.3 is 5.11 Å². The summed E-state index contributed by atoms with van der Waals surface area (Å²) in [6, 6.07) is 1.78. The maximum absolute atomic E-state index is 11.4. The van der Waals surface area contributed by atoms with E-state index in [1.54, 1.807) is 13.0 Å². The molecule has 0 radical (unpaired) electrons. The van der Waals surface area contributed by atoms with Crippen LogP contribution in [-0.2, 0) is 0 Å². The fourth-order valence-corrected chi connectivity index (χ4v) is 1.39. The molecule has 2 aromatic rings. The minimum absolute atomic E-state index is 0.0574. The van der Waals surface area contributed by atoms with Gasteiger partial charge in [-0.15, -0.1) is 10.2 Å². The van der Waals surface area contributed by atoms with Gasteiger partial charge in [0.1, 0.15) is 24.3 Å². The molecule has 0 aliphatic heterocycles. The van der Waals surface area contributed by atoms with E-state index in [4.69, 9.17) is 5.26 Å². The van der Waals surface area contributed by atoms with E-state index in [2.05, 4.69) is 20.3 Å². The zero-order valence-electron chi connectivity index (χ0n) is 9.32. The molecule has 8 nitrogen and oxygen atoms in total. The number of hydrogen-bond donors (Lipinski definition) is 2. The highest BCUT2D eigenvalue weighted by Crippen LogP contribution is 2.15. The number of rotatable bonds is 2. The third-order valence-electron chi connectivity index (χ3n) is 2.33. The van der Waals surface area contributed by atoms with Gasteiger partial charge in [-0.25, -0.2) is 4.68 Å². The molecule has 8 heteroatoms. The van der Waals surface area contributed by atoms with Crippen LogP contribution in [0.4, 0.5) is 0 Å². The Morgan fingerprint density at radius 1 is 1.56 bits per heavy atom. The average molecular weight is 244 g/mol. The van der Waals surface area contributed by atoms with Crippen LogP contribution < -0.4 is 5.56 Å². The molecule has 2 heterocycles. The number of aromatic hydroxyl groups is 1. The lowest BCUT2D eigenvalue weighted by molar-refractivity contribution is 0.450. The summed E-state index contributed by atoms with van der Waals surface area (Å²) >= 11 is 0. The van der Waals surface area contributed by atoms with Crippen LogP contribution in [0.2, 0.25) is 0 Å². The van der Waals surface area contributed by atoms with E-state index in [-0.39, 0.29) is 17.0 Å². The number of aromatic amines is 1. The van der Waals surface area contributed by atoms with Crippen LogP contribution in [0.15, 0.2) is 22.6 Å². The van der Waals surface area contributed by atoms with Crippen molar-refractivity contribution in [2.75, 3.05) is 0 Å². The standard InChI is InChI=1S/C10H8N6O2/c1-6-7(2-11)9(17)15-10(18)8(6)3-14-16-4-12-13-5-16/h3-5H,1H3,(H2,15,17,18)/b14-3+. The first-order chi connectivity index (χ1) is 8.63. The van der Waals surface area contributed by atoms with Crippen LogP contribution in [-0.4, -0.2) is 31.2 Å². The Balaban J connectivity index is 2.52.